The van der Waals surface area contributed by atoms with Crippen LogP contribution in [0.15, 0.2) is 24.3 Å². The molecule has 1 unspecified atom stereocenters. The molecule has 0 heterocycles. The number of benzene rings is 1. The molecular weight excluding hydrogens is 260 g/mol. The average Bonchev–Trinajstić information content (AvgIpc) is 2.45. The first-order valence-corrected chi connectivity index (χ1v) is 7.37. The van der Waals surface area contributed by atoms with Crippen LogP contribution in [0.25, 0.3) is 0 Å². The topological polar surface area (TPSA) is 62.1 Å². The fourth-order valence-electron chi connectivity index (χ4n) is 1.41. The summed E-state index contributed by atoms with van der Waals surface area (Å²) in [5.41, 5.74) is 0.436. The highest BCUT2D eigenvalue weighted by Gasteiger charge is 2.06. The molecule has 5 heteroatoms. The van der Waals surface area contributed by atoms with Crippen molar-refractivity contribution in [3.63, 3.8) is 0 Å². The van der Waals surface area contributed by atoms with E-state index >= 15 is 0 Å². The SMILES string of the molecule is CSC(C)CCNC(=O)COc1ccccc1C#N. The van der Waals surface area contributed by atoms with Gasteiger partial charge in [-0.3, -0.25) is 4.79 Å². The lowest BCUT2D eigenvalue weighted by Crippen LogP contribution is -2.30. The van der Waals surface area contributed by atoms with Crippen LogP contribution >= 0.6 is 11.8 Å². The van der Waals surface area contributed by atoms with Crippen LogP contribution in [0, 0.1) is 11.3 Å². The summed E-state index contributed by atoms with van der Waals surface area (Å²) >= 11 is 1.77. The minimum Gasteiger partial charge on any atom is -0.482 e. The van der Waals surface area contributed by atoms with Gasteiger partial charge >= 0.3 is 0 Å². The van der Waals surface area contributed by atoms with Gasteiger partial charge in [0, 0.05) is 11.8 Å². The molecule has 0 aliphatic rings. The van der Waals surface area contributed by atoms with Crippen molar-refractivity contribution >= 4 is 17.7 Å². The van der Waals surface area contributed by atoms with Crippen molar-refractivity contribution in [2.45, 2.75) is 18.6 Å². The van der Waals surface area contributed by atoms with Crippen molar-refractivity contribution in [3.8, 4) is 11.8 Å². The Morgan fingerprint density at radius 2 is 2.26 bits per heavy atom. The number of amides is 1. The van der Waals surface area contributed by atoms with Gasteiger partial charge in [0.1, 0.15) is 11.8 Å². The zero-order valence-electron chi connectivity index (χ0n) is 11.2. The van der Waals surface area contributed by atoms with Crippen LogP contribution in [0.4, 0.5) is 0 Å². The van der Waals surface area contributed by atoms with Gasteiger partial charge in [0.2, 0.25) is 0 Å². The second-order valence-corrected chi connectivity index (χ2v) is 5.36. The van der Waals surface area contributed by atoms with E-state index in [1.54, 1.807) is 36.0 Å². The molecule has 0 saturated heterocycles. The number of nitriles is 1. The number of nitrogens with one attached hydrogen (secondary N) is 1. The molecule has 1 atom stereocenters. The third-order valence-electron chi connectivity index (χ3n) is 2.64. The molecular formula is C14H18N2O2S. The van der Waals surface area contributed by atoms with Crippen LogP contribution < -0.4 is 10.1 Å². The highest BCUT2D eigenvalue weighted by atomic mass is 32.2. The van der Waals surface area contributed by atoms with Crippen molar-refractivity contribution < 1.29 is 9.53 Å². The van der Waals surface area contributed by atoms with Crippen molar-refractivity contribution in [2.75, 3.05) is 19.4 Å². The fourth-order valence-corrected chi connectivity index (χ4v) is 1.77. The van der Waals surface area contributed by atoms with Gasteiger partial charge in [-0.1, -0.05) is 19.1 Å². The Hall–Kier alpha value is -1.67. The Kier molecular flexibility index (Phi) is 6.83. The van der Waals surface area contributed by atoms with Crippen LogP contribution in [0.3, 0.4) is 0 Å². The molecule has 1 amide bonds. The number of nitrogens with zero attached hydrogens (tertiary/aromatic N) is 1. The minimum absolute atomic E-state index is 0.0632. The number of rotatable bonds is 7. The first kappa shape index (κ1) is 15.4. The fraction of sp³-hybridized carbons (Fsp3) is 0.429. The maximum Gasteiger partial charge on any atom is 0.257 e. The molecule has 0 fully saturated rings. The number of carbonyl (C=O) groups is 1. The van der Waals surface area contributed by atoms with Gasteiger partial charge in [-0.25, -0.2) is 0 Å². The van der Waals surface area contributed by atoms with Crippen LogP contribution in [0.5, 0.6) is 5.75 Å². The first-order valence-electron chi connectivity index (χ1n) is 6.08. The predicted molar refractivity (Wildman–Crippen MR) is 77.3 cm³/mol. The molecule has 1 aromatic rings. The molecule has 0 bridgehead atoms. The van der Waals surface area contributed by atoms with E-state index in [0.29, 0.717) is 23.1 Å². The Morgan fingerprint density at radius 3 is 2.95 bits per heavy atom. The lowest BCUT2D eigenvalue weighted by molar-refractivity contribution is -0.123. The zero-order chi connectivity index (χ0) is 14.1. The molecule has 102 valence electrons. The van der Waals surface area contributed by atoms with E-state index in [-0.39, 0.29) is 12.5 Å². The Morgan fingerprint density at radius 1 is 1.53 bits per heavy atom. The second kappa shape index (κ2) is 8.44. The summed E-state index contributed by atoms with van der Waals surface area (Å²) in [6, 6.07) is 8.90. The second-order valence-electron chi connectivity index (χ2n) is 4.08. The Bertz CT molecular complexity index is 457. The smallest absolute Gasteiger partial charge is 0.257 e. The van der Waals surface area contributed by atoms with Gasteiger partial charge in [0.05, 0.1) is 5.56 Å². The van der Waals surface area contributed by atoms with E-state index in [4.69, 9.17) is 10.00 Å². The third-order valence-corrected chi connectivity index (χ3v) is 3.68. The number of carbonyl (C=O) groups excluding carboxylic acids is 1. The van der Waals surface area contributed by atoms with E-state index in [2.05, 4.69) is 18.5 Å². The van der Waals surface area contributed by atoms with Crippen molar-refractivity contribution in [3.05, 3.63) is 29.8 Å². The van der Waals surface area contributed by atoms with Crippen molar-refractivity contribution in [1.82, 2.24) is 5.32 Å². The monoisotopic (exact) mass is 278 g/mol. The van der Waals surface area contributed by atoms with E-state index in [9.17, 15) is 4.79 Å². The van der Waals surface area contributed by atoms with E-state index in [1.165, 1.54) is 0 Å². The van der Waals surface area contributed by atoms with Crippen LogP contribution in [-0.2, 0) is 4.79 Å². The molecule has 0 aliphatic carbocycles. The Balaban J connectivity index is 2.32. The zero-order valence-corrected chi connectivity index (χ0v) is 12.0. The number of thioether (sulfide) groups is 1. The molecule has 1 aromatic carbocycles. The molecule has 19 heavy (non-hydrogen) atoms. The van der Waals surface area contributed by atoms with Crippen LogP contribution in [0.1, 0.15) is 18.9 Å². The van der Waals surface area contributed by atoms with E-state index < -0.39 is 0 Å². The lowest BCUT2D eigenvalue weighted by atomic mass is 10.2. The summed E-state index contributed by atoms with van der Waals surface area (Å²) < 4.78 is 5.33. The third kappa shape index (κ3) is 5.66. The number of hydrogen-bond donors (Lipinski definition) is 1. The Labute approximate surface area is 118 Å². The molecule has 1 rings (SSSR count). The van der Waals surface area contributed by atoms with Gasteiger partial charge in [0.25, 0.3) is 5.91 Å². The summed E-state index contributed by atoms with van der Waals surface area (Å²) in [6.07, 6.45) is 2.98. The molecule has 0 saturated carbocycles. The van der Waals surface area contributed by atoms with Crippen LogP contribution in [-0.4, -0.2) is 30.6 Å². The lowest BCUT2D eigenvalue weighted by Gasteiger charge is -2.10. The number of hydrogen-bond acceptors (Lipinski definition) is 4. The minimum atomic E-state index is -0.166. The van der Waals surface area contributed by atoms with Gasteiger partial charge in [0.15, 0.2) is 6.61 Å². The summed E-state index contributed by atoms with van der Waals surface area (Å²) in [5.74, 6) is 0.277. The van der Waals surface area contributed by atoms with E-state index in [0.717, 1.165) is 6.42 Å². The molecule has 4 nitrogen and oxygen atoms in total. The predicted octanol–water partition coefficient (Wildman–Crippen LogP) is 2.19. The summed E-state index contributed by atoms with van der Waals surface area (Å²) in [4.78, 5) is 11.6. The molecule has 0 radical (unpaired) electrons. The molecule has 1 N–H and O–H groups in total. The van der Waals surface area contributed by atoms with Crippen molar-refractivity contribution in [1.29, 1.82) is 5.26 Å². The van der Waals surface area contributed by atoms with Crippen LogP contribution in [0.2, 0.25) is 0 Å². The normalized spacial score (nSPS) is 11.4. The average molecular weight is 278 g/mol. The largest absolute Gasteiger partial charge is 0.482 e. The molecule has 0 spiro atoms. The summed E-state index contributed by atoms with van der Waals surface area (Å²) in [5, 5.41) is 12.2. The van der Waals surface area contributed by atoms with Gasteiger partial charge < -0.3 is 10.1 Å². The number of ether oxygens (including phenoxy) is 1. The van der Waals surface area contributed by atoms with E-state index in [1.807, 2.05) is 6.07 Å². The summed E-state index contributed by atoms with van der Waals surface area (Å²) in [7, 11) is 0. The standard InChI is InChI=1S/C14H18N2O2S/c1-11(19-2)7-8-16-14(17)10-18-13-6-4-3-5-12(13)9-15/h3-6,11H,7-8,10H2,1-2H3,(H,16,17). The van der Waals surface area contributed by atoms with Gasteiger partial charge in [-0.2, -0.15) is 17.0 Å². The maximum atomic E-state index is 11.6. The quantitative estimate of drug-likeness (QED) is 0.830. The summed E-state index contributed by atoms with van der Waals surface area (Å²) in [6.45, 7) is 2.70. The molecule has 0 aromatic heterocycles. The highest BCUT2D eigenvalue weighted by molar-refractivity contribution is 7.99. The number of para-hydroxylation sites is 1. The maximum absolute atomic E-state index is 11.6. The van der Waals surface area contributed by atoms with Gasteiger partial charge in [-0.05, 0) is 24.8 Å². The highest BCUT2D eigenvalue weighted by Crippen LogP contribution is 2.16. The first-order chi connectivity index (χ1) is 9.17. The molecule has 0 aliphatic heterocycles. The van der Waals surface area contributed by atoms with Crippen molar-refractivity contribution in [2.24, 2.45) is 0 Å². The van der Waals surface area contributed by atoms with Gasteiger partial charge in [-0.15, -0.1) is 0 Å².